The van der Waals surface area contributed by atoms with Gasteiger partial charge in [0.25, 0.3) is 0 Å². The normalized spacial score (nSPS) is 13.1. The first-order chi connectivity index (χ1) is 13.3. The van der Waals surface area contributed by atoms with Crippen LogP contribution in [-0.4, -0.2) is 0 Å². The zero-order valence-electron chi connectivity index (χ0n) is 17.0. The molecule has 0 unspecified atom stereocenters. The van der Waals surface area contributed by atoms with Gasteiger partial charge in [-0.2, -0.15) is 0 Å². The molecule has 2 aliphatic heterocycles. The summed E-state index contributed by atoms with van der Waals surface area (Å²) < 4.78 is 12.6. The molecular formula is C24H22N2O2. The molecule has 28 heavy (non-hydrogen) atoms. The van der Waals surface area contributed by atoms with E-state index in [0.717, 1.165) is 56.2 Å². The maximum Gasteiger partial charge on any atom is 0.158 e. The summed E-state index contributed by atoms with van der Waals surface area (Å²) in [5, 5.41) is 1.66. The van der Waals surface area contributed by atoms with Gasteiger partial charge in [-0.25, -0.2) is 9.98 Å². The number of ether oxygens (including phenoxy) is 2. The molecule has 2 heterocycles. The Hall–Kier alpha value is -3.14. The van der Waals surface area contributed by atoms with Crippen LogP contribution in [0.1, 0.15) is 33.4 Å². The molecule has 140 valence electrons. The number of aryl methyl sites for hydroxylation is 4. The van der Waals surface area contributed by atoms with Crippen LogP contribution in [0.25, 0.3) is 0 Å². The van der Waals surface area contributed by atoms with E-state index in [-0.39, 0.29) is 0 Å². The van der Waals surface area contributed by atoms with Crippen molar-refractivity contribution in [1.29, 1.82) is 0 Å². The van der Waals surface area contributed by atoms with Crippen LogP contribution in [0.4, 0.5) is 11.4 Å². The fourth-order valence-electron chi connectivity index (χ4n) is 3.78. The van der Waals surface area contributed by atoms with E-state index in [1.165, 1.54) is 22.3 Å². The van der Waals surface area contributed by atoms with E-state index >= 15 is 0 Å². The van der Waals surface area contributed by atoms with Crippen LogP contribution in [0, 0.1) is 41.5 Å². The average Bonchev–Trinajstić information content (AvgIpc) is 2.66. The minimum absolute atomic E-state index is 0.770. The Balaban J connectivity index is 1.82. The minimum atomic E-state index is 0.770. The van der Waals surface area contributed by atoms with Crippen LogP contribution in [0.15, 0.2) is 34.3 Å². The van der Waals surface area contributed by atoms with E-state index in [1.807, 2.05) is 13.8 Å². The number of nitrogens with zero attached hydrogens (tertiary/aromatic N) is 2. The lowest BCUT2D eigenvalue weighted by atomic mass is 10.0. The smallest absolute Gasteiger partial charge is 0.158 e. The number of benzene rings is 3. The van der Waals surface area contributed by atoms with Gasteiger partial charge in [0.1, 0.15) is 22.1 Å². The highest BCUT2D eigenvalue weighted by molar-refractivity contribution is 5.64. The minimum Gasteiger partial charge on any atom is -0.452 e. The van der Waals surface area contributed by atoms with Gasteiger partial charge < -0.3 is 9.47 Å². The summed E-state index contributed by atoms with van der Waals surface area (Å²) >= 11 is 0. The fourth-order valence-corrected chi connectivity index (χ4v) is 3.78. The van der Waals surface area contributed by atoms with Gasteiger partial charge in [-0.05, 0) is 88.1 Å². The van der Waals surface area contributed by atoms with Gasteiger partial charge in [-0.15, -0.1) is 0 Å². The number of hydrogen-bond acceptors (Lipinski definition) is 4. The fraction of sp³-hybridized carbons (Fsp3) is 0.250. The topological polar surface area (TPSA) is 43.2 Å². The Bertz CT molecular complexity index is 1220. The number of rotatable bonds is 0. The molecule has 0 fully saturated rings. The Morgan fingerprint density at radius 3 is 1.29 bits per heavy atom. The summed E-state index contributed by atoms with van der Waals surface area (Å²) in [6.45, 7) is 12.4. The van der Waals surface area contributed by atoms with Crippen molar-refractivity contribution in [2.75, 3.05) is 0 Å². The van der Waals surface area contributed by atoms with E-state index in [2.05, 4.69) is 52.0 Å². The largest absolute Gasteiger partial charge is 0.452 e. The van der Waals surface area contributed by atoms with Crippen LogP contribution in [-0.2, 0) is 0 Å². The van der Waals surface area contributed by atoms with E-state index in [4.69, 9.17) is 19.5 Å². The van der Waals surface area contributed by atoms with Crippen molar-refractivity contribution in [2.24, 2.45) is 9.98 Å². The van der Waals surface area contributed by atoms with Gasteiger partial charge in [-0.1, -0.05) is 0 Å². The van der Waals surface area contributed by atoms with Gasteiger partial charge in [0.15, 0.2) is 23.0 Å². The molecule has 0 N–H and O–H groups in total. The molecular weight excluding hydrogens is 348 g/mol. The molecule has 0 aliphatic carbocycles. The monoisotopic (exact) mass is 370 g/mol. The molecule has 0 aromatic heterocycles. The zero-order chi connectivity index (χ0) is 19.7. The van der Waals surface area contributed by atoms with Gasteiger partial charge in [0.2, 0.25) is 0 Å². The van der Waals surface area contributed by atoms with Crippen molar-refractivity contribution in [3.63, 3.8) is 0 Å². The van der Waals surface area contributed by atoms with Crippen LogP contribution >= 0.6 is 0 Å². The molecule has 0 amide bonds. The van der Waals surface area contributed by atoms with Crippen molar-refractivity contribution < 1.29 is 9.47 Å². The molecule has 0 saturated heterocycles. The van der Waals surface area contributed by atoms with Crippen LogP contribution in [0.3, 0.4) is 0 Å². The molecule has 0 spiro atoms. The van der Waals surface area contributed by atoms with Crippen molar-refractivity contribution >= 4 is 11.4 Å². The van der Waals surface area contributed by atoms with E-state index in [9.17, 15) is 0 Å². The summed E-state index contributed by atoms with van der Waals surface area (Å²) in [7, 11) is 0. The van der Waals surface area contributed by atoms with E-state index in [1.54, 1.807) is 0 Å². The third kappa shape index (κ3) is 2.30. The Morgan fingerprint density at radius 1 is 0.536 bits per heavy atom. The highest BCUT2D eigenvalue weighted by Crippen LogP contribution is 2.41. The highest BCUT2D eigenvalue weighted by atomic mass is 16.5. The van der Waals surface area contributed by atoms with Crippen LogP contribution in [0.2, 0.25) is 0 Å². The van der Waals surface area contributed by atoms with Gasteiger partial charge in [0, 0.05) is 11.1 Å². The quantitative estimate of drug-likeness (QED) is 0.353. The molecule has 0 atom stereocenters. The van der Waals surface area contributed by atoms with Gasteiger partial charge in [-0.3, -0.25) is 0 Å². The highest BCUT2D eigenvalue weighted by Gasteiger charge is 2.25. The predicted molar refractivity (Wildman–Crippen MR) is 110 cm³/mol. The molecule has 3 aromatic rings. The lowest BCUT2D eigenvalue weighted by Gasteiger charge is -2.23. The van der Waals surface area contributed by atoms with E-state index in [0.29, 0.717) is 0 Å². The lowest BCUT2D eigenvalue weighted by molar-refractivity contribution is 0.442. The SMILES string of the molecule is Cc1cc2c(cc1C)Oc1c(C)c3c(c(C)c1=N2)Oc1cc(C)c(C)cc1N=3. The molecule has 3 aromatic carbocycles. The average molecular weight is 370 g/mol. The molecule has 2 aliphatic rings. The maximum atomic E-state index is 6.31. The second-order valence-electron chi connectivity index (χ2n) is 7.84. The Kier molecular flexibility index (Phi) is 3.45. The van der Waals surface area contributed by atoms with Gasteiger partial charge in [0.05, 0.1) is 0 Å². The standard InChI is InChI=1S/C24H22N2O2/c1-11-7-17-19(9-13(11)3)27-23-16(6)22-24(15(5)21(23)25-17)28-20-10-14(4)12(2)8-18(20)26-22/h7-10H,1-6H3. The zero-order valence-corrected chi connectivity index (χ0v) is 17.0. The predicted octanol–water partition coefficient (Wildman–Crippen LogP) is 5.65. The summed E-state index contributed by atoms with van der Waals surface area (Å²) in [6.07, 6.45) is 0. The third-order valence-electron chi connectivity index (χ3n) is 5.86. The summed E-state index contributed by atoms with van der Waals surface area (Å²) in [4.78, 5) is 9.84. The maximum absolute atomic E-state index is 6.31. The lowest BCUT2D eigenvalue weighted by Crippen LogP contribution is -2.25. The van der Waals surface area contributed by atoms with Crippen molar-refractivity contribution in [3.8, 4) is 23.0 Å². The van der Waals surface area contributed by atoms with Gasteiger partial charge >= 0.3 is 0 Å². The summed E-state index contributed by atoms with van der Waals surface area (Å²) in [5.74, 6) is 3.13. The van der Waals surface area contributed by atoms with Crippen molar-refractivity contribution in [1.82, 2.24) is 0 Å². The molecule has 0 radical (unpaired) electrons. The summed E-state index contributed by atoms with van der Waals surface area (Å²) in [6, 6.07) is 8.27. The van der Waals surface area contributed by atoms with Crippen LogP contribution < -0.4 is 20.2 Å². The van der Waals surface area contributed by atoms with Crippen molar-refractivity contribution in [2.45, 2.75) is 41.5 Å². The number of fused-ring (bicyclic) bond motifs is 4. The molecule has 4 nitrogen and oxygen atoms in total. The first-order valence-electron chi connectivity index (χ1n) is 9.52. The van der Waals surface area contributed by atoms with Crippen LogP contribution in [0.5, 0.6) is 23.0 Å². The molecule has 5 rings (SSSR count). The first-order valence-corrected chi connectivity index (χ1v) is 9.52. The Labute approximate surface area is 164 Å². The first kappa shape index (κ1) is 17.0. The second-order valence-corrected chi connectivity index (χ2v) is 7.84. The second kappa shape index (κ2) is 5.68. The number of hydrogen-bond donors (Lipinski definition) is 0. The molecule has 4 heteroatoms. The third-order valence-corrected chi connectivity index (χ3v) is 5.86. The molecule has 0 saturated carbocycles. The molecule has 0 bridgehead atoms. The van der Waals surface area contributed by atoms with Crippen molar-refractivity contribution in [3.05, 3.63) is 68.4 Å². The Morgan fingerprint density at radius 2 is 0.893 bits per heavy atom. The summed E-state index contributed by atoms with van der Waals surface area (Å²) in [5.41, 5.74) is 8.41. The van der Waals surface area contributed by atoms with E-state index < -0.39 is 0 Å².